The van der Waals surface area contributed by atoms with Crippen LogP contribution in [0, 0.1) is 24.5 Å². The van der Waals surface area contributed by atoms with Crippen molar-refractivity contribution in [2.24, 2.45) is 5.92 Å². The number of sulfonamides is 1. The van der Waals surface area contributed by atoms with Crippen molar-refractivity contribution in [2.75, 3.05) is 25.0 Å². The Morgan fingerprint density at radius 3 is 2.23 bits per heavy atom. The average molecular weight is 452 g/mol. The van der Waals surface area contributed by atoms with Gasteiger partial charge in [0.05, 0.1) is 10.8 Å². The maximum atomic E-state index is 13.2. The van der Waals surface area contributed by atoms with E-state index in [1.807, 2.05) is 6.92 Å². The Morgan fingerprint density at radius 1 is 1.06 bits per heavy atom. The molecule has 10 heteroatoms. The molecule has 0 aliphatic carbocycles. The number of hydrogen-bond donors (Lipinski definition) is 1. The van der Waals surface area contributed by atoms with E-state index in [4.69, 9.17) is 4.74 Å². The summed E-state index contributed by atoms with van der Waals surface area (Å²) in [5.74, 6) is -3.59. The van der Waals surface area contributed by atoms with Crippen LogP contribution in [-0.4, -0.2) is 44.3 Å². The Kier molecular flexibility index (Phi) is 7.01. The average Bonchev–Trinajstić information content (AvgIpc) is 2.71. The third-order valence-electron chi connectivity index (χ3n) is 4.94. The number of ether oxygens (including phenoxy) is 1. The van der Waals surface area contributed by atoms with Gasteiger partial charge in [0.25, 0.3) is 5.91 Å². The summed E-state index contributed by atoms with van der Waals surface area (Å²) in [6.07, 6.45) is 0.529. The van der Waals surface area contributed by atoms with E-state index in [9.17, 15) is 26.8 Å². The highest BCUT2D eigenvalue weighted by molar-refractivity contribution is 7.89. The summed E-state index contributed by atoms with van der Waals surface area (Å²) in [4.78, 5) is 24.3. The van der Waals surface area contributed by atoms with E-state index in [1.54, 1.807) is 24.3 Å². The minimum absolute atomic E-state index is 0.0897. The molecule has 1 heterocycles. The molecule has 1 fully saturated rings. The number of aryl methyl sites for hydroxylation is 1. The number of benzene rings is 2. The van der Waals surface area contributed by atoms with Gasteiger partial charge < -0.3 is 10.1 Å². The van der Waals surface area contributed by atoms with Gasteiger partial charge >= 0.3 is 5.97 Å². The zero-order valence-electron chi connectivity index (χ0n) is 16.8. The number of amides is 1. The summed E-state index contributed by atoms with van der Waals surface area (Å²) in [5.41, 5.74) is 0.861. The fraction of sp³-hybridized carbons (Fsp3) is 0.333. The van der Waals surface area contributed by atoms with Crippen molar-refractivity contribution in [3.63, 3.8) is 0 Å². The predicted octanol–water partition coefficient (Wildman–Crippen LogP) is 2.86. The number of anilines is 1. The van der Waals surface area contributed by atoms with E-state index in [2.05, 4.69) is 5.32 Å². The van der Waals surface area contributed by atoms with Crippen molar-refractivity contribution in [3.8, 4) is 0 Å². The number of halogens is 2. The fourth-order valence-corrected chi connectivity index (χ4v) is 4.74. The molecule has 1 N–H and O–H groups in total. The zero-order chi connectivity index (χ0) is 22.6. The van der Waals surface area contributed by atoms with Crippen molar-refractivity contribution in [1.29, 1.82) is 0 Å². The molecule has 2 aromatic carbocycles. The van der Waals surface area contributed by atoms with Gasteiger partial charge in [0.2, 0.25) is 10.0 Å². The summed E-state index contributed by atoms with van der Waals surface area (Å²) in [7, 11) is -3.64. The van der Waals surface area contributed by atoms with Gasteiger partial charge in [-0.1, -0.05) is 17.7 Å². The van der Waals surface area contributed by atoms with Crippen LogP contribution in [-0.2, 0) is 24.3 Å². The largest absolute Gasteiger partial charge is 0.455 e. The lowest BCUT2D eigenvalue weighted by Crippen LogP contribution is -2.40. The van der Waals surface area contributed by atoms with Crippen LogP contribution < -0.4 is 5.32 Å². The summed E-state index contributed by atoms with van der Waals surface area (Å²) < 4.78 is 58.1. The van der Waals surface area contributed by atoms with Crippen LogP contribution in [0.2, 0.25) is 0 Å². The molecule has 166 valence electrons. The first-order valence-corrected chi connectivity index (χ1v) is 11.1. The second kappa shape index (κ2) is 9.52. The number of rotatable bonds is 6. The SMILES string of the molecule is Cc1ccc(S(=O)(=O)N2CCC(C(=O)OCC(=O)Nc3cc(F)cc(F)c3)CC2)cc1. The summed E-state index contributed by atoms with van der Waals surface area (Å²) >= 11 is 0. The van der Waals surface area contributed by atoms with Gasteiger partial charge in [-0.2, -0.15) is 4.31 Å². The van der Waals surface area contributed by atoms with Gasteiger partial charge in [0, 0.05) is 24.8 Å². The van der Waals surface area contributed by atoms with Gasteiger partial charge in [0.15, 0.2) is 6.61 Å². The summed E-state index contributed by atoms with van der Waals surface area (Å²) in [6, 6.07) is 9.09. The quantitative estimate of drug-likeness (QED) is 0.681. The van der Waals surface area contributed by atoms with Gasteiger partial charge in [0.1, 0.15) is 11.6 Å². The van der Waals surface area contributed by atoms with E-state index < -0.39 is 46.1 Å². The molecule has 0 spiro atoms. The molecule has 3 rings (SSSR count). The molecule has 1 aliphatic heterocycles. The highest BCUT2D eigenvalue weighted by Crippen LogP contribution is 2.25. The number of nitrogens with zero attached hydrogens (tertiary/aromatic N) is 1. The molecular formula is C21H22F2N2O5S. The molecule has 0 bridgehead atoms. The standard InChI is InChI=1S/C21H22F2N2O5S/c1-14-2-4-19(5-3-14)31(28,29)25-8-6-15(7-9-25)21(27)30-13-20(26)24-18-11-16(22)10-17(23)12-18/h2-5,10-12,15H,6-9,13H2,1H3,(H,24,26). The number of esters is 1. The predicted molar refractivity (Wildman–Crippen MR) is 109 cm³/mol. The lowest BCUT2D eigenvalue weighted by molar-refractivity contribution is -0.152. The van der Waals surface area contributed by atoms with Crippen molar-refractivity contribution >= 4 is 27.6 Å². The molecule has 0 radical (unpaired) electrons. The molecule has 0 unspecified atom stereocenters. The van der Waals surface area contributed by atoms with Crippen LogP contribution in [0.1, 0.15) is 18.4 Å². The first-order chi connectivity index (χ1) is 14.6. The number of hydrogen-bond acceptors (Lipinski definition) is 5. The first-order valence-electron chi connectivity index (χ1n) is 9.64. The molecule has 1 aliphatic rings. The molecule has 0 atom stereocenters. The van der Waals surface area contributed by atoms with E-state index in [0.717, 1.165) is 17.7 Å². The van der Waals surface area contributed by atoms with E-state index in [0.29, 0.717) is 6.07 Å². The topological polar surface area (TPSA) is 92.8 Å². The van der Waals surface area contributed by atoms with E-state index >= 15 is 0 Å². The third kappa shape index (κ3) is 5.86. The molecule has 2 aromatic rings. The Morgan fingerprint density at radius 2 is 1.65 bits per heavy atom. The Balaban J connectivity index is 1.48. The normalized spacial score (nSPS) is 15.5. The van der Waals surface area contributed by atoms with Gasteiger partial charge in [-0.3, -0.25) is 9.59 Å². The first kappa shape index (κ1) is 22.8. The third-order valence-corrected chi connectivity index (χ3v) is 6.85. The highest BCUT2D eigenvalue weighted by atomic mass is 32.2. The molecule has 31 heavy (non-hydrogen) atoms. The van der Waals surface area contributed by atoms with E-state index in [-0.39, 0.29) is 36.5 Å². The van der Waals surface area contributed by atoms with Crippen molar-refractivity contribution < 1.29 is 31.5 Å². The van der Waals surface area contributed by atoms with Gasteiger partial charge in [-0.25, -0.2) is 17.2 Å². The van der Waals surface area contributed by atoms with Crippen LogP contribution in [0.3, 0.4) is 0 Å². The minimum Gasteiger partial charge on any atom is -0.455 e. The Labute approximate surface area is 179 Å². The second-order valence-corrected chi connectivity index (χ2v) is 9.24. The summed E-state index contributed by atoms with van der Waals surface area (Å²) in [5, 5.41) is 2.25. The number of carbonyl (C=O) groups excluding carboxylic acids is 2. The lowest BCUT2D eigenvalue weighted by Gasteiger charge is -2.30. The Bertz CT molecular complexity index is 1050. The van der Waals surface area contributed by atoms with Gasteiger partial charge in [-0.05, 0) is 44.0 Å². The smallest absolute Gasteiger partial charge is 0.309 e. The maximum absolute atomic E-state index is 13.2. The second-order valence-electron chi connectivity index (χ2n) is 7.31. The molecule has 7 nitrogen and oxygen atoms in total. The van der Waals surface area contributed by atoms with Crippen molar-refractivity contribution in [2.45, 2.75) is 24.7 Å². The van der Waals surface area contributed by atoms with Crippen LogP contribution in [0.15, 0.2) is 47.4 Å². The lowest BCUT2D eigenvalue weighted by atomic mass is 9.98. The molecule has 1 amide bonds. The monoisotopic (exact) mass is 452 g/mol. The highest BCUT2D eigenvalue weighted by Gasteiger charge is 2.33. The zero-order valence-corrected chi connectivity index (χ0v) is 17.6. The molecule has 1 saturated heterocycles. The molecular weight excluding hydrogens is 430 g/mol. The van der Waals surface area contributed by atoms with E-state index in [1.165, 1.54) is 4.31 Å². The number of carbonyl (C=O) groups is 2. The summed E-state index contributed by atoms with van der Waals surface area (Å²) in [6.45, 7) is 1.57. The number of nitrogens with one attached hydrogen (secondary N) is 1. The van der Waals surface area contributed by atoms with Crippen LogP contribution in [0.25, 0.3) is 0 Å². The van der Waals surface area contributed by atoms with Gasteiger partial charge in [-0.15, -0.1) is 0 Å². The fourth-order valence-electron chi connectivity index (χ4n) is 3.27. The van der Waals surface area contributed by atoms with Crippen molar-refractivity contribution in [3.05, 3.63) is 59.7 Å². The van der Waals surface area contributed by atoms with Crippen LogP contribution >= 0.6 is 0 Å². The Hall–Kier alpha value is -2.85. The van der Waals surface area contributed by atoms with Crippen LogP contribution in [0.4, 0.5) is 14.5 Å². The molecule has 0 aromatic heterocycles. The minimum atomic E-state index is -3.64. The van der Waals surface area contributed by atoms with Crippen molar-refractivity contribution in [1.82, 2.24) is 4.31 Å². The number of piperidine rings is 1. The van der Waals surface area contributed by atoms with Crippen LogP contribution in [0.5, 0.6) is 0 Å². The molecule has 0 saturated carbocycles. The maximum Gasteiger partial charge on any atom is 0.309 e.